The molecule has 0 saturated carbocycles. The molecule has 42 heavy (non-hydrogen) atoms. The van der Waals surface area contributed by atoms with Crippen LogP contribution in [0.2, 0.25) is 0 Å². The summed E-state index contributed by atoms with van der Waals surface area (Å²) in [4.78, 5) is 39.2. The van der Waals surface area contributed by atoms with E-state index in [0.29, 0.717) is 22.7 Å². The van der Waals surface area contributed by atoms with Crippen molar-refractivity contribution in [2.75, 3.05) is 17.7 Å². The third-order valence-electron chi connectivity index (χ3n) is 7.11. The van der Waals surface area contributed by atoms with Crippen molar-refractivity contribution in [1.29, 1.82) is 0 Å². The predicted octanol–water partition coefficient (Wildman–Crippen LogP) is 7.86. The first-order valence-corrected chi connectivity index (χ1v) is 14.0. The Labute approximate surface area is 250 Å². The van der Waals surface area contributed by atoms with Crippen molar-refractivity contribution in [3.63, 3.8) is 0 Å². The second-order valence-corrected chi connectivity index (χ2v) is 10.7. The van der Waals surface area contributed by atoms with Gasteiger partial charge in [-0.3, -0.25) is 14.4 Å². The first-order chi connectivity index (χ1) is 20.1. The van der Waals surface area contributed by atoms with Crippen molar-refractivity contribution in [2.45, 2.75) is 38.0 Å². The van der Waals surface area contributed by atoms with Crippen LogP contribution < -0.4 is 20.1 Å². The third-order valence-corrected chi connectivity index (χ3v) is 7.51. The van der Waals surface area contributed by atoms with Crippen LogP contribution in [0.5, 0.6) is 17.2 Å². The number of ether oxygens (including phenoxy) is 2. The van der Waals surface area contributed by atoms with Crippen molar-refractivity contribution in [2.24, 2.45) is 0 Å². The maximum Gasteiger partial charge on any atom is 0.255 e. The molecule has 1 unspecified atom stereocenters. The number of hydrogen-bond donors (Lipinski definition) is 2. The van der Waals surface area contributed by atoms with Gasteiger partial charge in [0.15, 0.2) is 16.9 Å². The molecule has 2 N–H and O–H groups in total. The predicted molar refractivity (Wildman–Crippen MR) is 166 cm³/mol. The van der Waals surface area contributed by atoms with Crippen molar-refractivity contribution >= 4 is 40.6 Å². The van der Waals surface area contributed by atoms with Crippen molar-refractivity contribution < 1.29 is 23.9 Å². The number of amides is 2. The molecule has 0 bridgehead atoms. The number of alkyl halides is 1. The van der Waals surface area contributed by atoms with E-state index >= 15 is 0 Å². The van der Waals surface area contributed by atoms with Gasteiger partial charge in [-0.15, -0.1) is 11.6 Å². The number of rotatable bonds is 11. The summed E-state index contributed by atoms with van der Waals surface area (Å²) in [6.07, 6.45) is 0.967. The maximum absolute atomic E-state index is 13.1. The van der Waals surface area contributed by atoms with Crippen LogP contribution in [-0.4, -0.2) is 30.1 Å². The molecular weight excluding hydrogens is 552 g/mol. The lowest BCUT2D eigenvalue weighted by Crippen LogP contribution is -2.31. The van der Waals surface area contributed by atoms with Crippen molar-refractivity contribution in [1.82, 2.24) is 0 Å². The summed E-state index contributed by atoms with van der Waals surface area (Å²) in [6.45, 7) is 6.47. The molecule has 0 heterocycles. The Bertz CT molecular complexity index is 1570. The zero-order chi connectivity index (χ0) is 30.3. The molecule has 4 aromatic carbocycles. The summed E-state index contributed by atoms with van der Waals surface area (Å²) in [6, 6.07) is 27.9. The summed E-state index contributed by atoms with van der Waals surface area (Å²) in [7, 11) is 1.43. The van der Waals surface area contributed by atoms with E-state index in [0.717, 1.165) is 12.0 Å². The number of Topliss-reactive ketones (excluding diaryl/α,β-unsaturated/α-hetero) is 1. The molecule has 4 aromatic rings. The van der Waals surface area contributed by atoms with Crippen LogP contribution >= 0.6 is 11.6 Å². The smallest absolute Gasteiger partial charge is 0.255 e. The molecule has 0 aliphatic heterocycles. The largest absolute Gasteiger partial charge is 0.496 e. The molecular formula is C34H33ClN2O5. The van der Waals surface area contributed by atoms with Crippen LogP contribution in [0, 0.1) is 0 Å². The van der Waals surface area contributed by atoms with Gasteiger partial charge < -0.3 is 20.1 Å². The van der Waals surface area contributed by atoms with Gasteiger partial charge >= 0.3 is 0 Å². The van der Waals surface area contributed by atoms with E-state index in [1.54, 1.807) is 48.5 Å². The van der Waals surface area contributed by atoms with Gasteiger partial charge in [0.05, 0.1) is 18.4 Å². The lowest BCUT2D eigenvalue weighted by atomic mass is 9.82. The molecule has 0 fully saturated rings. The third kappa shape index (κ3) is 7.17. The molecule has 0 aliphatic rings. The number of nitrogens with one attached hydrogen (secondary N) is 2. The van der Waals surface area contributed by atoms with E-state index in [-0.39, 0.29) is 28.3 Å². The average Bonchev–Trinajstić information content (AvgIpc) is 3.01. The Morgan fingerprint density at radius 2 is 1.50 bits per heavy atom. The molecule has 0 radical (unpaired) electrons. The minimum atomic E-state index is -1.54. The first kappa shape index (κ1) is 30.3. The van der Waals surface area contributed by atoms with Gasteiger partial charge in [0.1, 0.15) is 11.5 Å². The van der Waals surface area contributed by atoms with E-state index in [2.05, 4.69) is 31.4 Å². The molecule has 0 spiro atoms. The highest BCUT2D eigenvalue weighted by atomic mass is 35.5. The zero-order valence-corrected chi connectivity index (χ0v) is 24.7. The second kappa shape index (κ2) is 13.4. The van der Waals surface area contributed by atoms with Gasteiger partial charge in [-0.05, 0) is 72.0 Å². The lowest BCUT2D eigenvalue weighted by Gasteiger charge is -2.23. The number of carbonyl (C=O) groups is 3. The Kier molecular flexibility index (Phi) is 9.65. The Hall–Kier alpha value is -4.62. The standard InChI is InChI=1S/C34H33ClN2O5/c1-5-34(2,3)23-16-18-25(19-17-23)42-29-21-22(32(39)36-24-11-7-6-8-12-24)15-20-27(29)37-33(40)30(35)31(38)26-13-9-10-14-28(26)41-4/h6-21,30H,5H2,1-4H3,(H,36,39)(H,37,40). The van der Waals surface area contributed by atoms with Gasteiger partial charge in [-0.2, -0.15) is 0 Å². The summed E-state index contributed by atoms with van der Waals surface area (Å²) in [5.74, 6) is -0.686. The molecule has 7 nitrogen and oxygen atoms in total. The monoisotopic (exact) mass is 584 g/mol. The molecule has 0 saturated heterocycles. The number of ketones is 1. The fraction of sp³-hybridized carbons (Fsp3) is 0.206. The molecule has 8 heteroatoms. The number of carbonyl (C=O) groups excluding carboxylic acids is 3. The van der Waals surface area contributed by atoms with E-state index < -0.39 is 17.1 Å². The SMILES string of the molecule is CCC(C)(C)c1ccc(Oc2cc(C(=O)Nc3ccccc3)ccc2NC(=O)C(Cl)C(=O)c2ccccc2OC)cc1. The highest BCUT2D eigenvalue weighted by molar-refractivity contribution is 6.45. The quantitative estimate of drug-likeness (QED) is 0.106. The van der Waals surface area contributed by atoms with Crippen LogP contribution in [0.3, 0.4) is 0 Å². The minimum absolute atomic E-state index is 0.00353. The molecule has 2 amide bonds. The minimum Gasteiger partial charge on any atom is -0.496 e. The average molecular weight is 585 g/mol. The van der Waals surface area contributed by atoms with Crippen LogP contribution in [0.15, 0.2) is 97.1 Å². The summed E-state index contributed by atoms with van der Waals surface area (Å²) in [5.41, 5.74) is 2.53. The van der Waals surface area contributed by atoms with Crippen LogP contribution in [-0.2, 0) is 10.2 Å². The normalized spacial score (nSPS) is 11.7. The van der Waals surface area contributed by atoms with Gasteiger partial charge in [-0.25, -0.2) is 0 Å². The second-order valence-electron chi connectivity index (χ2n) is 10.3. The van der Waals surface area contributed by atoms with Crippen LogP contribution in [0.25, 0.3) is 0 Å². The van der Waals surface area contributed by atoms with E-state index in [9.17, 15) is 14.4 Å². The number of benzene rings is 4. The maximum atomic E-state index is 13.1. The van der Waals surface area contributed by atoms with Gasteiger partial charge in [-0.1, -0.05) is 63.2 Å². The molecule has 0 aromatic heterocycles. The fourth-order valence-corrected chi connectivity index (χ4v) is 4.35. The number of anilines is 2. The molecule has 1 atom stereocenters. The molecule has 216 valence electrons. The number of hydrogen-bond acceptors (Lipinski definition) is 5. The van der Waals surface area contributed by atoms with Crippen molar-refractivity contribution in [3.8, 4) is 17.2 Å². The number of para-hydroxylation sites is 2. The fourth-order valence-electron chi connectivity index (χ4n) is 4.18. The highest BCUT2D eigenvalue weighted by Gasteiger charge is 2.28. The molecule has 0 aliphatic carbocycles. The lowest BCUT2D eigenvalue weighted by molar-refractivity contribution is -0.115. The first-order valence-electron chi connectivity index (χ1n) is 13.5. The van der Waals surface area contributed by atoms with Crippen molar-refractivity contribution in [3.05, 3.63) is 114 Å². The van der Waals surface area contributed by atoms with Gasteiger partial charge in [0.2, 0.25) is 0 Å². The van der Waals surface area contributed by atoms with E-state index in [4.69, 9.17) is 21.1 Å². The Morgan fingerprint density at radius 1 is 0.833 bits per heavy atom. The zero-order valence-electron chi connectivity index (χ0n) is 23.9. The summed E-state index contributed by atoms with van der Waals surface area (Å²) in [5, 5.41) is 4.00. The Morgan fingerprint density at radius 3 is 2.17 bits per heavy atom. The number of halogens is 1. The Balaban J connectivity index is 1.62. The number of methoxy groups -OCH3 is 1. The van der Waals surface area contributed by atoms with Crippen LogP contribution in [0.1, 0.15) is 53.5 Å². The van der Waals surface area contributed by atoms with Gasteiger partial charge in [0.25, 0.3) is 11.8 Å². The van der Waals surface area contributed by atoms with Gasteiger partial charge in [0, 0.05) is 11.3 Å². The summed E-state index contributed by atoms with van der Waals surface area (Å²) < 4.78 is 11.4. The van der Waals surface area contributed by atoms with E-state index in [1.165, 1.54) is 13.2 Å². The topological polar surface area (TPSA) is 93.7 Å². The molecule has 4 rings (SSSR count). The highest BCUT2D eigenvalue weighted by Crippen LogP contribution is 2.34. The summed E-state index contributed by atoms with van der Waals surface area (Å²) >= 11 is 6.33. The van der Waals surface area contributed by atoms with E-state index in [1.807, 2.05) is 42.5 Å². The van der Waals surface area contributed by atoms with Crippen LogP contribution in [0.4, 0.5) is 11.4 Å².